The predicted octanol–water partition coefficient (Wildman–Crippen LogP) is 1.62. The molecule has 0 aromatic carbocycles. The molecule has 6 heteroatoms. The van der Waals surface area contributed by atoms with E-state index in [9.17, 15) is 0 Å². The van der Waals surface area contributed by atoms with Crippen LogP contribution in [0, 0.1) is 5.41 Å². The monoisotopic (exact) mass is 281 g/mol. The first kappa shape index (κ1) is 16.5. The van der Waals surface area contributed by atoms with Crippen molar-refractivity contribution in [1.29, 1.82) is 0 Å². The second-order valence-electron chi connectivity index (χ2n) is 5.78. The highest BCUT2D eigenvalue weighted by Crippen LogP contribution is 2.21. The normalized spacial score (nSPS) is 12.9. The molecule has 0 radical (unpaired) electrons. The van der Waals surface area contributed by atoms with Crippen LogP contribution in [-0.2, 0) is 20.0 Å². The van der Waals surface area contributed by atoms with Crippen molar-refractivity contribution in [2.24, 2.45) is 23.4 Å². The number of nitrogens with zero attached hydrogens (tertiary/aromatic N) is 3. The second kappa shape index (κ2) is 7.28. The number of aryl methyl sites for hydroxylation is 2. The van der Waals surface area contributed by atoms with E-state index >= 15 is 0 Å². The Hall–Kier alpha value is -1.56. The van der Waals surface area contributed by atoms with E-state index in [1.54, 1.807) is 0 Å². The molecule has 0 atom stereocenters. The summed E-state index contributed by atoms with van der Waals surface area (Å²) in [5, 5.41) is 19.7. The largest absolute Gasteiger partial charge is 0.409 e. The average molecular weight is 281 g/mol. The van der Waals surface area contributed by atoms with Crippen molar-refractivity contribution >= 4 is 5.84 Å². The maximum Gasteiger partial charge on any atom is 0.144 e. The van der Waals surface area contributed by atoms with Crippen molar-refractivity contribution in [2.45, 2.75) is 46.6 Å². The van der Waals surface area contributed by atoms with Gasteiger partial charge in [0, 0.05) is 30.8 Å². The van der Waals surface area contributed by atoms with E-state index in [-0.39, 0.29) is 11.3 Å². The first-order valence-electron chi connectivity index (χ1n) is 7.10. The van der Waals surface area contributed by atoms with Crippen molar-refractivity contribution in [3.05, 3.63) is 17.5 Å². The Morgan fingerprint density at radius 1 is 1.55 bits per heavy atom. The highest BCUT2D eigenvalue weighted by molar-refractivity contribution is 5.85. The maximum atomic E-state index is 8.72. The number of aromatic nitrogens is 2. The molecule has 0 unspecified atom stereocenters. The van der Waals surface area contributed by atoms with Crippen molar-refractivity contribution < 1.29 is 5.21 Å². The number of amidine groups is 1. The van der Waals surface area contributed by atoms with Crippen molar-refractivity contribution in [1.82, 2.24) is 15.1 Å². The van der Waals surface area contributed by atoms with Gasteiger partial charge in [0.15, 0.2) is 0 Å². The molecule has 1 aromatic heterocycles. The Labute approximate surface area is 121 Å². The molecule has 20 heavy (non-hydrogen) atoms. The van der Waals surface area contributed by atoms with Crippen LogP contribution in [0.3, 0.4) is 0 Å². The molecule has 1 aromatic rings. The molecule has 114 valence electrons. The Morgan fingerprint density at radius 3 is 2.85 bits per heavy atom. The molecule has 4 N–H and O–H groups in total. The van der Waals surface area contributed by atoms with Crippen LogP contribution in [0.15, 0.2) is 11.4 Å². The third-order valence-corrected chi connectivity index (χ3v) is 3.60. The highest BCUT2D eigenvalue weighted by Gasteiger charge is 2.22. The van der Waals surface area contributed by atoms with E-state index in [0.29, 0.717) is 0 Å². The summed E-state index contributed by atoms with van der Waals surface area (Å²) >= 11 is 0. The Bertz CT molecular complexity index is 450. The molecule has 0 fully saturated rings. The van der Waals surface area contributed by atoms with Gasteiger partial charge in [-0.2, -0.15) is 5.10 Å². The zero-order valence-electron chi connectivity index (χ0n) is 13.0. The van der Waals surface area contributed by atoms with E-state index in [1.807, 2.05) is 25.6 Å². The van der Waals surface area contributed by atoms with Crippen LogP contribution in [0.1, 0.15) is 44.9 Å². The number of oxime groups is 1. The van der Waals surface area contributed by atoms with Crippen LogP contribution >= 0.6 is 0 Å². The molecule has 0 saturated heterocycles. The van der Waals surface area contributed by atoms with Gasteiger partial charge < -0.3 is 16.3 Å². The molecule has 0 aliphatic carbocycles. The minimum atomic E-state index is -0.265. The summed E-state index contributed by atoms with van der Waals surface area (Å²) in [7, 11) is 1.95. The summed E-state index contributed by atoms with van der Waals surface area (Å²) in [6.45, 7) is 7.82. The number of hydrogen-bond acceptors (Lipinski definition) is 4. The lowest BCUT2D eigenvalue weighted by Crippen LogP contribution is -2.32. The summed E-state index contributed by atoms with van der Waals surface area (Å²) in [5.74, 6) is 0.290. The smallest absolute Gasteiger partial charge is 0.144 e. The lowest BCUT2D eigenvalue weighted by Gasteiger charge is -2.22. The Kier molecular flexibility index (Phi) is 6.01. The van der Waals surface area contributed by atoms with E-state index < -0.39 is 0 Å². The van der Waals surface area contributed by atoms with Gasteiger partial charge in [-0.3, -0.25) is 4.68 Å². The average Bonchev–Trinajstić information content (AvgIpc) is 2.77. The zero-order valence-corrected chi connectivity index (χ0v) is 13.0. The van der Waals surface area contributed by atoms with E-state index in [0.717, 1.165) is 38.0 Å². The number of rotatable bonds is 8. The van der Waals surface area contributed by atoms with Gasteiger partial charge in [-0.05, 0) is 25.8 Å². The third kappa shape index (κ3) is 4.52. The Balaban J connectivity index is 2.32. The number of nitrogens with two attached hydrogens (primary N) is 1. The standard InChI is InChI=1S/C14H27N5O/c1-5-12-11(10-19(4)17-12)9-16-8-6-7-14(2,3)13(15)18-20/h10,16,20H,5-9H2,1-4H3,(H2,15,18). The summed E-state index contributed by atoms with van der Waals surface area (Å²) in [6, 6.07) is 0. The van der Waals surface area contributed by atoms with Crippen LogP contribution in [0.25, 0.3) is 0 Å². The van der Waals surface area contributed by atoms with Crippen LogP contribution in [0.2, 0.25) is 0 Å². The predicted molar refractivity (Wildman–Crippen MR) is 80.7 cm³/mol. The molecule has 6 nitrogen and oxygen atoms in total. The fourth-order valence-corrected chi connectivity index (χ4v) is 2.17. The van der Waals surface area contributed by atoms with Crippen LogP contribution in [0.4, 0.5) is 0 Å². The minimum absolute atomic E-state index is 0.265. The molecule has 1 heterocycles. The van der Waals surface area contributed by atoms with Gasteiger partial charge in [0.25, 0.3) is 0 Å². The van der Waals surface area contributed by atoms with E-state index in [2.05, 4.69) is 28.7 Å². The van der Waals surface area contributed by atoms with Crippen LogP contribution in [-0.4, -0.2) is 27.4 Å². The first-order chi connectivity index (χ1) is 9.40. The van der Waals surface area contributed by atoms with E-state index in [1.165, 1.54) is 5.56 Å². The maximum absolute atomic E-state index is 8.72. The molecule has 1 rings (SSSR count). The quantitative estimate of drug-likeness (QED) is 0.222. The minimum Gasteiger partial charge on any atom is -0.409 e. The molecular weight excluding hydrogens is 254 g/mol. The molecule has 0 amide bonds. The van der Waals surface area contributed by atoms with Gasteiger partial charge in [0.2, 0.25) is 0 Å². The van der Waals surface area contributed by atoms with Crippen molar-refractivity contribution in [2.75, 3.05) is 6.54 Å². The molecule has 0 spiro atoms. The van der Waals surface area contributed by atoms with Gasteiger partial charge >= 0.3 is 0 Å². The highest BCUT2D eigenvalue weighted by atomic mass is 16.4. The van der Waals surface area contributed by atoms with Crippen molar-refractivity contribution in [3.63, 3.8) is 0 Å². The fourth-order valence-electron chi connectivity index (χ4n) is 2.17. The SMILES string of the molecule is CCc1nn(C)cc1CNCCCC(C)(C)/C(N)=N/O. The number of nitrogens with one attached hydrogen (secondary N) is 1. The van der Waals surface area contributed by atoms with Crippen LogP contribution in [0.5, 0.6) is 0 Å². The summed E-state index contributed by atoms with van der Waals surface area (Å²) in [5.41, 5.74) is 7.81. The van der Waals surface area contributed by atoms with Gasteiger partial charge in [-0.1, -0.05) is 25.9 Å². The zero-order chi connectivity index (χ0) is 15.2. The van der Waals surface area contributed by atoms with Crippen molar-refractivity contribution in [3.8, 4) is 0 Å². The first-order valence-corrected chi connectivity index (χ1v) is 7.10. The molecular formula is C14H27N5O. The fraction of sp³-hybridized carbons (Fsp3) is 0.714. The van der Waals surface area contributed by atoms with E-state index in [4.69, 9.17) is 10.9 Å². The summed E-state index contributed by atoms with van der Waals surface area (Å²) in [4.78, 5) is 0. The lowest BCUT2D eigenvalue weighted by atomic mass is 9.86. The summed E-state index contributed by atoms with van der Waals surface area (Å²) in [6.07, 6.45) is 4.87. The lowest BCUT2D eigenvalue weighted by molar-refractivity contribution is 0.304. The second-order valence-corrected chi connectivity index (χ2v) is 5.78. The van der Waals surface area contributed by atoms with Gasteiger partial charge in [-0.15, -0.1) is 0 Å². The molecule has 0 aliphatic rings. The topological polar surface area (TPSA) is 88.5 Å². The van der Waals surface area contributed by atoms with Crippen LogP contribution < -0.4 is 11.1 Å². The molecule has 0 saturated carbocycles. The van der Waals surface area contributed by atoms with Gasteiger partial charge in [0.1, 0.15) is 5.84 Å². The molecule has 0 aliphatic heterocycles. The third-order valence-electron chi connectivity index (χ3n) is 3.60. The molecule has 0 bridgehead atoms. The number of hydrogen-bond donors (Lipinski definition) is 3. The van der Waals surface area contributed by atoms with Gasteiger partial charge in [0.05, 0.1) is 5.69 Å². The Morgan fingerprint density at radius 2 is 2.25 bits per heavy atom. The summed E-state index contributed by atoms with van der Waals surface area (Å²) < 4.78 is 1.86. The van der Waals surface area contributed by atoms with Gasteiger partial charge in [-0.25, -0.2) is 0 Å².